The highest BCUT2D eigenvalue weighted by atomic mass is 19.3. The number of carbonyl (C=O) groups is 2. The number of halogens is 2. The maximum Gasteiger partial charge on any atom is 0.387 e. The first-order chi connectivity index (χ1) is 13.0. The maximum absolute atomic E-state index is 12.1. The molecule has 27 heavy (non-hydrogen) atoms. The van der Waals surface area contributed by atoms with Gasteiger partial charge in [0.1, 0.15) is 5.75 Å². The normalized spacial score (nSPS) is 14.8. The van der Waals surface area contributed by atoms with Crippen LogP contribution in [-0.2, 0) is 11.3 Å². The number of carbonyl (C=O) groups excluding carboxylic acids is 2. The molecule has 1 aliphatic rings. The molecular weight excluding hydrogens is 356 g/mol. The summed E-state index contributed by atoms with van der Waals surface area (Å²) in [5.41, 5.74) is 0.810. The Morgan fingerprint density at radius 3 is 2.70 bits per heavy atom. The van der Waals surface area contributed by atoms with Gasteiger partial charge in [-0.3, -0.25) is 4.79 Å². The predicted molar refractivity (Wildman–Crippen MR) is 97.6 cm³/mol. The van der Waals surface area contributed by atoms with Gasteiger partial charge in [0, 0.05) is 39.6 Å². The number of benzene rings is 1. The average molecular weight is 383 g/mol. The molecule has 0 aromatic heterocycles. The van der Waals surface area contributed by atoms with Crippen LogP contribution in [-0.4, -0.2) is 55.0 Å². The third kappa shape index (κ3) is 7.40. The van der Waals surface area contributed by atoms with Crippen molar-refractivity contribution < 1.29 is 23.1 Å². The lowest BCUT2D eigenvalue weighted by molar-refractivity contribution is -0.130. The van der Waals surface area contributed by atoms with Crippen LogP contribution in [0, 0.1) is 0 Å². The molecule has 0 bridgehead atoms. The molecule has 1 heterocycles. The Kier molecular flexibility index (Phi) is 8.29. The molecule has 1 saturated heterocycles. The van der Waals surface area contributed by atoms with Gasteiger partial charge in [0.2, 0.25) is 5.91 Å². The Morgan fingerprint density at radius 2 is 2.00 bits per heavy atom. The summed E-state index contributed by atoms with van der Waals surface area (Å²) in [4.78, 5) is 27.5. The van der Waals surface area contributed by atoms with E-state index in [1.807, 2.05) is 4.90 Å². The van der Waals surface area contributed by atoms with Crippen molar-refractivity contribution in [1.82, 2.24) is 15.1 Å². The average Bonchev–Trinajstić information content (AvgIpc) is 2.84. The molecule has 3 amide bonds. The molecule has 0 radical (unpaired) electrons. The Balaban J connectivity index is 1.68. The minimum absolute atomic E-state index is 0.0870. The second kappa shape index (κ2) is 10.7. The lowest BCUT2D eigenvalue weighted by Gasteiger charge is -2.21. The smallest absolute Gasteiger partial charge is 0.387 e. The molecule has 0 saturated carbocycles. The highest BCUT2D eigenvalue weighted by Gasteiger charge is 2.16. The molecule has 6 nitrogen and oxygen atoms in total. The Hall–Kier alpha value is -2.38. The van der Waals surface area contributed by atoms with E-state index in [9.17, 15) is 18.4 Å². The second-order valence-electron chi connectivity index (χ2n) is 6.66. The van der Waals surface area contributed by atoms with Gasteiger partial charge in [-0.15, -0.1) is 0 Å². The maximum atomic E-state index is 12.1. The van der Waals surface area contributed by atoms with Crippen LogP contribution in [0.25, 0.3) is 0 Å². The van der Waals surface area contributed by atoms with Crippen molar-refractivity contribution in [3.8, 4) is 5.75 Å². The van der Waals surface area contributed by atoms with Crippen molar-refractivity contribution in [2.45, 2.75) is 45.3 Å². The van der Waals surface area contributed by atoms with E-state index in [0.717, 1.165) is 31.4 Å². The number of alkyl halides is 2. The van der Waals surface area contributed by atoms with Crippen LogP contribution < -0.4 is 10.1 Å². The molecule has 1 N–H and O–H groups in total. The molecule has 0 unspecified atom stereocenters. The molecule has 1 aromatic carbocycles. The monoisotopic (exact) mass is 383 g/mol. The molecule has 0 spiro atoms. The predicted octanol–water partition coefficient (Wildman–Crippen LogP) is 3.22. The summed E-state index contributed by atoms with van der Waals surface area (Å²) in [6, 6.07) is 5.97. The van der Waals surface area contributed by atoms with Crippen LogP contribution in [0.1, 0.15) is 37.7 Å². The van der Waals surface area contributed by atoms with Crippen molar-refractivity contribution in [2.24, 2.45) is 0 Å². The van der Waals surface area contributed by atoms with Crippen LogP contribution >= 0.6 is 0 Å². The summed E-state index contributed by atoms with van der Waals surface area (Å²) in [6.45, 7) is -0.541. The van der Waals surface area contributed by atoms with Crippen molar-refractivity contribution >= 4 is 11.9 Å². The lowest BCUT2D eigenvalue weighted by Crippen LogP contribution is -2.39. The Bertz CT molecular complexity index is 611. The van der Waals surface area contributed by atoms with Gasteiger partial charge < -0.3 is 19.9 Å². The number of hydrogen-bond donors (Lipinski definition) is 1. The van der Waals surface area contributed by atoms with Gasteiger partial charge in [0.05, 0.1) is 0 Å². The Morgan fingerprint density at radius 1 is 1.26 bits per heavy atom. The van der Waals surface area contributed by atoms with E-state index in [1.54, 1.807) is 19.2 Å². The fourth-order valence-corrected chi connectivity index (χ4v) is 3.00. The van der Waals surface area contributed by atoms with E-state index in [-0.39, 0.29) is 17.7 Å². The van der Waals surface area contributed by atoms with Crippen LogP contribution in [0.3, 0.4) is 0 Å². The summed E-state index contributed by atoms with van der Waals surface area (Å²) >= 11 is 0. The van der Waals surface area contributed by atoms with Gasteiger partial charge in [-0.1, -0.05) is 18.6 Å². The summed E-state index contributed by atoms with van der Waals surface area (Å²) in [6.07, 6.45) is 4.44. The number of hydrogen-bond acceptors (Lipinski definition) is 3. The third-order valence-corrected chi connectivity index (χ3v) is 4.47. The first kappa shape index (κ1) is 20.9. The molecular formula is C19H27F2N3O3. The number of urea groups is 1. The summed E-state index contributed by atoms with van der Waals surface area (Å²) in [5.74, 6) is 0.291. The highest BCUT2D eigenvalue weighted by Crippen LogP contribution is 2.16. The fourth-order valence-electron chi connectivity index (χ4n) is 3.00. The van der Waals surface area contributed by atoms with Gasteiger partial charge in [0.25, 0.3) is 0 Å². The van der Waals surface area contributed by atoms with Gasteiger partial charge in [-0.2, -0.15) is 8.78 Å². The molecule has 0 aliphatic carbocycles. The number of likely N-dealkylation sites (tertiary alicyclic amines) is 1. The molecule has 8 heteroatoms. The molecule has 1 aliphatic heterocycles. The van der Waals surface area contributed by atoms with Crippen LogP contribution in [0.4, 0.5) is 13.6 Å². The molecule has 150 valence electrons. The number of ether oxygens (including phenoxy) is 1. The zero-order valence-corrected chi connectivity index (χ0v) is 15.6. The molecule has 1 fully saturated rings. The number of amides is 3. The zero-order chi connectivity index (χ0) is 19.6. The quantitative estimate of drug-likeness (QED) is 0.701. The zero-order valence-electron chi connectivity index (χ0n) is 15.6. The fraction of sp³-hybridized carbons (Fsp3) is 0.579. The van der Waals surface area contributed by atoms with Crippen molar-refractivity contribution in [1.29, 1.82) is 0 Å². The molecule has 0 atom stereocenters. The van der Waals surface area contributed by atoms with Gasteiger partial charge in [-0.25, -0.2) is 4.79 Å². The molecule has 2 rings (SSSR count). The van der Waals surface area contributed by atoms with Gasteiger partial charge >= 0.3 is 12.6 Å². The van der Waals surface area contributed by atoms with E-state index < -0.39 is 6.61 Å². The standard InChI is InChI=1S/C19H27F2N3O3/c1-23(14-15-7-9-16(10-8-15)27-18(20)21)19(26)22-11-5-13-24-12-4-2-3-6-17(24)25/h7-10,18H,2-6,11-14H2,1H3,(H,22,26). The lowest BCUT2D eigenvalue weighted by atomic mass is 10.2. The number of rotatable bonds is 8. The summed E-state index contributed by atoms with van der Waals surface area (Å²) < 4.78 is 28.6. The van der Waals surface area contributed by atoms with Crippen molar-refractivity contribution in [3.05, 3.63) is 29.8 Å². The van der Waals surface area contributed by atoms with Crippen molar-refractivity contribution in [2.75, 3.05) is 26.7 Å². The third-order valence-electron chi connectivity index (χ3n) is 4.47. The SMILES string of the molecule is CN(Cc1ccc(OC(F)F)cc1)C(=O)NCCCN1CCCCCC1=O. The minimum Gasteiger partial charge on any atom is -0.435 e. The van der Waals surface area contributed by atoms with Crippen LogP contribution in [0.5, 0.6) is 5.75 Å². The van der Waals surface area contributed by atoms with Crippen molar-refractivity contribution in [3.63, 3.8) is 0 Å². The van der Waals surface area contributed by atoms with E-state index in [2.05, 4.69) is 10.1 Å². The van der Waals surface area contributed by atoms with Crippen LogP contribution in [0.2, 0.25) is 0 Å². The summed E-state index contributed by atoms with van der Waals surface area (Å²) in [7, 11) is 1.66. The first-order valence-electron chi connectivity index (χ1n) is 9.26. The van der Waals surface area contributed by atoms with E-state index in [0.29, 0.717) is 32.5 Å². The van der Waals surface area contributed by atoms with E-state index >= 15 is 0 Å². The van der Waals surface area contributed by atoms with Gasteiger partial charge in [0.15, 0.2) is 0 Å². The topological polar surface area (TPSA) is 61.9 Å². The first-order valence-corrected chi connectivity index (χ1v) is 9.26. The van der Waals surface area contributed by atoms with E-state index in [4.69, 9.17) is 0 Å². The van der Waals surface area contributed by atoms with Gasteiger partial charge in [-0.05, 0) is 37.0 Å². The molecule has 1 aromatic rings. The Labute approximate surface area is 158 Å². The van der Waals surface area contributed by atoms with Crippen LogP contribution in [0.15, 0.2) is 24.3 Å². The second-order valence-corrected chi connectivity index (χ2v) is 6.66. The number of nitrogens with zero attached hydrogens (tertiary/aromatic N) is 2. The summed E-state index contributed by atoms with van der Waals surface area (Å²) in [5, 5.41) is 2.84. The highest BCUT2D eigenvalue weighted by molar-refractivity contribution is 5.76. The van der Waals surface area contributed by atoms with E-state index in [1.165, 1.54) is 17.0 Å². The number of nitrogens with one attached hydrogen (secondary N) is 1. The largest absolute Gasteiger partial charge is 0.435 e. The minimum atomic E-state index is -2.85.